The van der Waals surface area contributed by atoms with Crippen LogP contribution in [0.1, 0.15) is 46.5 Å². The summed E-state index contributed by atoms with van der Waals surface area (Å²) in [6.07, 6.45) is 4.30. The zero-order valence-electron chi connectivity index (χ0n) is 11.2. The molecule has 1 unspecified atom stereocenters. The average Bonchev–Trinajstić information content (AvgIpc) is 2.48. The number of nitrogens with two attached hydrogens (primary N) is 1. The van der Waals surface area contributed by atoms with Crippen molar-refractivity contribution in [2.24, 2.45) is 11.7 Å². The number of carbonyl (C=O) groups is 1. The van der Waals surface area contributed by atoms with Crippen molar-refractivity contribution in [3.8, 4) is 0 Å². The summed E-state index contributed by atoms with van der Waals surface area (Å²) >= 11 is 0. The fraction of sp³-hybridized carbons (Fsp3) is 0.923. The summed E-state index contributed by atoms with van der Waals surface area (Å²) in [4.78, 5) is 14.1. The maximum Gasteiger partial charge on any atom is 0.410 e. The number of nitrogens with zero attached hydrogens (tertiary/aromatic N) is 1. The molecule has 2 fully saturated rings. The number of likely N-dealkylation sites (tertiary alicyclic amines) is 1. The first kappa shape index (κ1) is 12.7. The summed E-state index contributed by atoms with van der Waals surface area (Å²) in [7, 11) is 0. The normalized spacial score (nSPS) is 32.7. The molecule has 17 heavy (non-hydrogen) atoms. The minimum absolute atomic E-state index is 0.120. The Morgan fingerprint density at radius 3 is 2.82 bits per heavy atom. The lowest BCUT2D eigenvalue weighted by Crippen LogP contribution is -2.53. The Labute approximate surface area is 103 Å². The van der Waals surface area contributed by atoms with E-state index >= 15 is 0 Å². The Kier molecular flexibility index (Phi) is 3.10. The minimum atomic E-state index is -0.427. The largest absolute Gasteiger partial charge is 0.444 e. The maximum absolute atomic E-state index is 12.2. The summed E-state index contributed by atoms with van der Waals surface area (Å²) in [6.45, 7) is 7.10. The van der Waals surface area contributed by atoms with Crippen LogP contribution in [0.15, 0.2) is 0 Å². The molecule has 0 aromatic rings. The van der Waals surface area contributed by atoms with Crippen LogP contribution in [0, 0.1) is 5.92 Å². The second-order valence-corrected chi connectivity index (χ2v) is 6.48. The molecule has 2 rings (SSSR count). The average molecular weight is 240 g/mol. The number of fused-ring (bicyclic) bond motifs is 2. The number of rotatable bonds is 1. The molecule has 1 saturated carbocycles. The van der Waals surface area contributed by atoms with Crippen molar-refractivity contribution >= 4 is 6.09 Å². The van der Waals surface area contributed by atoms with Crippen molar-refractivity contribution in [1.82, 2.24) is 4.90 Å². The van der Waals surface area contributed by atoms with Gasteiger partial charge in [-0.25, -0.2) is 4.79 Å². The van der Waals surface area contributed by atoms with Gasteiger partial charge < -0.3 is 15.4 Å². The first-order valence-electron chi connectivity index (χ1n) is 6.57. The summed E-state index contributed by atoms with van der Waals surface area (Å²) in [6, 6.07) is 0. The highest BCUT2D eigenvalue weighted by Gasteiger charge is 2.50. The van der Waals surface area contributed by atoms with Gasteiger partial charge in [0.1, 0.15) is 5.60 Å². The van der Waals surface area contributed by atoms with Crippen LogP contribution in [0.5, 0.6) is 0 Å². The Morgan fingerprint density at radius 2 is 2.24 bits per heavy atom. The van der Waals surface area contributed by atoms with Crippen molar-refractivity contribution in [1.29, 1.82) is 0 Å². The van der Waals surface area contributed by atoms with E-state index < -0.39 is 5.60 Å². The topological polar surface area (TPSA) is 55.6 Å². The lowest BCUT2D eigenvalue weighted by atomic mass is 9.80. The summed E-state index contributed by atoms with van der Waals surface area (Å²) < 4.78 is 5.49. The van der Waals surface area contributed by atoms with Gasteiger partial charge in [0.15, 0.2) is 0 Å². The highest BCUT2D eigenvalue weighted by Crippen LogP contribution is 2.43. The van der Waals surface area contributed by atoms with Gasteiger partial charge in [-0.05, 0) is 46.0 Å². The summed E-state index contributed by atoms with van der Waals surface area (Å²) in [5.74, 6) is 0.625. The smallest absolute Gasteiger partial charge is 0.410 e. The maximum atomic E-state index is 12.2. The molecule has 1 saturated heterocycles. The van der Waals surface area contributed by atoms with Crippen LogP contribution in [0.2, 0.25) is 0 Å². The molecule has 1 heterocycles. The van der Waals surface area contributed by atoms with Gasteiger partial charge >= 0.3 is 6.09 Å². The molecule has 0 aromatic heterocycles. The van der Waals surface area contributed by atoms with Gasteiger partial charge in [0, 0.05) is 13.1 Å². The predicted octanol–water partition coefficient (Wildman–Crippen LogP) is 2.12. The number of amides is 1. The van der Waals surface area contributed by atoms with E-state index in [9.17, 15) is 4.79 Å². The molecule has 2 N–H and O–H groups in total. The Bertz CT molecular complexity index is 311. The number of ether oxygens (including phenoxy) is 1. The van der Waals surface area contributed by atoms with E-state index in [0.29, 0.717) is 12.5 Å². The second-order valence-electron chi connectivity index (χ2n) is 6.48. The van der Waals surface area contributed by atoms with Gasteiger partial charge in [0.2, 0.25) is 0 Å². The fourth-order valence-corrected chi connectivity index (χ4v) is 3.19. The lowest BCUT2D eigenvalue weighted by Gasteiger charge is -2.39. The minimum Gasteiger partial charge on any atom is -0.444 e. The van der Waals surface area contributed by atoms with E-state index in [2.05, 4.69) is 0 Å². The zero-order chi connectivity index (χ0) is 12.7. The van der Waals surface area contributed by atoms with Crippen LogP contribution in [0.3, 0.4) is 0 Å². The zero-order valence-corrected chi connectivity index (χ0v) is 11.2. The molecule has 2 bridgehead atoms. The highest BCUT2D eigenvalue weighted by atomic mass is 16.6. The first-order valence-corrected chi connectivity index (χ1v) is 6.57. The molecular formula is C13H24N2O2. The van der Waals surface area contributed by atoms with Crippen LogP contribution >= 0.6 is 0 Å². The van der Waals surface area contributed by atoms with Crippen LogP contribution in [0.4, 0.5) is 4.79 Å². The third-order valence-corrected chi connectivity index (χ3v) is 3.93. The molecule has 2 atom stereocenters. The Hall–Kier alpha value is -0.770. The first-order chi connectivity index (χ1) is 7.86. The van der Waals surface area contributed by atoms with Crippen molar-refractivity contribution < 1.29 is 9.53 Å². The molecule has 1 aliphatic heterocycles. The highest BCUT2D eigenvalue weighted by molar-refractivity contribution is 5.70. The SMILES string of the molecule is CC(C)(C)OC(=O)N1CC2CCC[C@]1(CN)C2. The molecule has 2 aliphatic rings. The molecule has 0 spiro atoms. The summed E-state index contributed by atoms with van der Waals surface area (Å²) in [5, 5.41) is 0. The van der Waals surface area contributed by atoms with E-state index in [1.807, 2.05) is 25.7 Å². The van der Waals surface area contributed by atoms with E-state index in [-0.39, 0.29) is 11.6 Å². The van der Waals surface area contributed by atoms with E-state index in [1.54, 1.807) is 0 Å². The summed E-state index contributed by atoms with van der Waals surface area (Å²) in [5.41, 5.74) is 5.37. The predicted molar refractivity (Wildman–Crippen MR) is 66.7 cm³/mol. The number of hydrogen-bond acceptors (Lipinski definition) is 3. The van der Waals surface area contributed by atoms with Gasteiger partial charge in [-0.15, -0.1) is 0 Å². The molecule has 4 nitrogen and oxygen atoms in total. The van der Waals surface area contributed by atoms with Crippen LogP contribution in [0.25, 0.3) is 0 Å². The fourth-order valence-electron chi connectivity index (χ4n) is 3.19. The number of carbonyl (C=O) groups excluding carboxylic acids is 1. The Balaban J connectivity index is 2.12. The molecule has 0 radical (unpaired) electrons. The van der Waals surface area contributed by atoms with E-state index in [1.165, 1.54) is 12.8 Å². The van der Waals surface area contributed by atoms with Crippen molar-refractivity contribution in [3.63, 3.8) is 0 Å². The van der Waals surface area contributed by atoms with Crippen LogP contribution < -0.4 is 5.73 Å². The quantitative estimate of drug-likeness (QED) is 0.764. The van der Waals surface area contributed by atoms with Crippen LogP contribution in [-0.4, -0.2) is 35.2 Å². The van der Waals surface area contributed by atoms with Crippen molar-refractivity contribution in [2.75, 3.05) is 13.1 Å². The third kappa shape index (κ3) is 2.41. The van der Waals surface area contributed by atoms with Gasteiger partial charge in [0.05, 0.1) is 5.54 Å². The molecule has 4 heteroatoms. The van der Waals surface area contributed by atoms with Crippen molar-refractivity contribution in [3.05, 3.63) is 0 Å². The third-order valence-electron chi connectivity index (χ3n) is 3.93. The number of hydrogen-bond donors (Lipinski definition) is 1. The molecule has 1 amide bonds. The second kappa shape index (κ2) is 4.16. The van der Waals surface area contributed by atoms with Gasteiger partial charge in [-0.3, -0.25) is 0 Å². The molecular weight excluding hydrogens is 216 g/mol. The standard InChI is InChI=1S/C13H24N2O2/c1-12(2,3)17-11(16)15-8-10-5-4-6-13(15,7-10)9-14/h10H,4-9,14H2,1-3H3/t10?,13-/m1/s1. The van der Waals surface area contributed by atoms with E-state index in [4.69, 9.17) is 10.5 Å². The Morgan fingerprint density at radius 1 is 1.53 bits per heavy atom. The van der Waals surface area contributed by atoms with Crippen molar-refractivity contribution in [2.45, 2.75) is 57.6 Å². The van der Waals surface area contributed by atoms with Gasteiger partial charge in [-0.2, -0.15) is 0 Å². The van der Waals surface area contributed by atoms with Gasteiger partial charge in [-0.1, -0.05) is 6.42 Å². The molecule has 98 valence electrons. The van der Waals surface area contributed by atoms with E-state index in [0.717, 1.165) is 19.4 Å². The van der Waals surface area contributed by atoms with Crippen LogP contribution in [-0.2, 0) is 4.74 Å². The monoisotopic (exact) mass is 240 g/mol. The van der Waals surface area contributed by atoms with Gasteiger partial charge in [0.25, 0.3) is 0 Å². The molecule has 1 aliphatic carbocycles. The molecule has 0 aromatic carbocycles. The lowest BCUT2D eigenvalue weighted by molar-refractivity contribution is 0.00792.